The average Bonchev–Trinajstić information content (AvgIpc) is 3.76. The Kier molecular flexibility index (Phi) is 14.4. The van der Waals surface area contributed by atoms with E-state index in [1.807, 2.05) is 0 Å². The van der Waals surface area contributed by atoms with Crippen LogP contribution in [0.4, 0.5) is 0 Å². The van der Waals surface area contributed by atoms with Crippen molar-refractivity contribution in [3.8, 4) is 11.5 Å². The van der Waals surface area contributed by atoms with Crippen molar-refractivity contribution in [2.45, 2.75) is 45.2 Å². The van der Waals surface area contributed by atoms with Crippen molar-refractivity contribution in [2.75, 3.05) is 66.0 Å². The van der Waals surface area contributed by atoms with Crippen molar-refractivity contribution < 1.29 is 44.5 Å². The van der Waals surface area contributed by atoms with Crippen molar-refractivity contribution in [1.82, 2.24) is 18.9 Å². The molecule has 0 aliphatic carbocycles. The van der Waals surface area contributed by atoms with Gasteiger partial charge < -0.3 is 32.6 Å². The molecule has 10 rings (SSSR count). The van der Waals surface area contributed by atoms with Crippen LogP contribution in [0.15, 0.2) is 97.6 Å². The minimum atomic E-state index is -3.92. The molecule has 8 aromatic rings. The van der Waals surface area contributed by atoms with Crippen LogP contribution in [0.2, 0.25) is 0 Å². The number of nitrogens with zero attached hydrogens (tertiary/aromatic N) is 6. The molecule has 0 atom stereocenters. The second-order valence-corrected chi connectivity index (χ2v) is 21.1. The molecule has 0 N–H and O–H groups in total. The first-order valence-corrected chi connectivity index (χ1v) is 26.6. The number of aryl methyl sites for hydroxylation is 3. The van der Waals surface area contributed by atoms with Crippen LogP contribution in [0.3, 0.4) is 0 Å². The quantitative estimate of drug-likeness (QED) is 0.107. The molecule has 2 saturated heterocycles. The summed E-state index contributed by atoms with van der Waals surface area (Å²) in [6.07, 6.45) is 17.1. The predicted molar refractivity (Wildman–Crippen MR) is 264 cm³/mol. The van der Waals surface area contributed by atoms with Crippen LogP contribution in [-0.4, -0.2) is 111 Å². The lowest BCUT2D eigenvalue weighted by molar-refractivity contribution is -0.696. The van der Waals surface area contributed by atoms with Crippen LogP contribution >= 0.6 is 0 Å². The number of fused-ring (bicyclic) bond motifs is 10. The Labute approximate surface area is 393 Å². The van der Waals surface area contributed by atoms with Crippen molar-refractivity contribution in [3.05, 3.63) is 97.6 Å². The van der Waals surface area contributed by atoms with E-state index in [2.05, 4.69) is 140 Å². The summed E-state index contributed by atoms with van der Waals surface area (Å²) in [4.78, 5) is 5.44. The van der Waals surface area contributed by atoms with E-state index in [0.717, 1.165) is 43.0 Å². The Morgan fingerprint density at radius 3 is 1.36 bits per heavy atom. The molecule has 0 bridgehead atoms. The molecule has 2 aliphatic heterocycles. The first-order chi connectivity index (χ1) is 31.9. The van der Waals surface area contributed by atoms with Gasteiger partial charge in [-0.15, -0.1) is 0 Å². The smallest absolute Gasteiger partial charge is 0.177 e. The van der Waals surface area contributed by atoms with Crippen LogP contribution < -0.4 is 18.6 Å². The molecular weight excluding hydrogens is 889 g/mol. The highest BCUT2D eigenvalue weighted by atomic mass is 32.2. The Morgan fingerprint density at radius 2 is 0.940 bits per heavy atom. The number of ether oxygens (including phenoxy) is 2. The molecule has 2 fully saturated rings. The normalized spacial score (nSPS) is 15.9. The van der Waals surface area contributed by atoms with Gasteiger partial charge in [0.05, 0.1) is 51.8 Å². The number of piperidine rings is 2. The maximum atomic E-state index is 9.08. The Hall–Kier alpha value is -5.36. The fourth-order valence-corrected chi connectivity index (χ4v) is 10.5. The van der Waals surface area contributed by atoms with E-state index < -0.39 is 20.2 Å². The Bertz CT molecular complexity index is 3250. The average molecular weight is 951 g/mol. The molecule has 2 aliphatic rings. The first kappa shape index (κ1) is 48.1. The van der Waals surface area contributed by atoms with Crippen LogP contribution in [0.25, 0.3) is 65.2 Å². The van der Waals surface area contributed by atoms with Gasteiger partial charge in [-0.05, 0) is 123 Å². The van der Waals surface area contributed by atoms with E-state index in [0.29, 0.717) is 12.5 Å². The SMILES string of the molecule is COc1ccc2c(c1)c1c3c[n+](CCCN4CCC(C5CCN(CC[n+]6ccc7ccc8c(c7c6)c6cc(OC)ccc6n8C)CC5)CC4)ccc3ccc1n2C.CS(=O)(=O)[O-].CS(=O)(=O)[O-]. The summed E-state index contributed by atoms with van der Waals surface area (Å²) in [5, 5.41) is 10.4. The van der Waals surface area contributed by atoms with E-state index in [4.69, 9.17) is 35.4 Å². The Morgan fingerprint density at radius 1 is 0.552 bits per heavy atom. The van der Waals surface area contributed by atoms with Gasteiger partial charge >= 0.3 is 0 Å². The highest BCUT2D eigenvalue weighted by Crippen LogP contribution is 2.37. The fraction of sp³-hybridized carbons (Fsp3) is 0.412. The summed E-state index contributed by atoms with van der Waals surface area (Å²) in [5.74, 6) is 3.58. The number of methoxy groups -OCH3 is 2. The van der Waals surface area contributed by atoms with Gasteiger partial charge in [-0.3, -0.25) is 4.90 Å². The van der Waals surface area contributed by atoms with E-state index >= 15 is 0 Å². The minimum absolute atomic E-state index is 0.604. The fourth-order valence-electron chi connectivity index (χ4n) is 10.5. The number of pyridine rings is 2. The van der Waals surface area contributed by atoms with Crippen LogP contribution in [-0.2, 0) is 47.4 Å². The highest BCUT2D eigenvalue weighted by molar-refractivity contribution is 7.85. The van der Waals surface area contributed by atoms with Gasteiger partial charge in [-0.2, -0.15) is 0 Å². The van der Waals surface area contributed by atoms with Crippen molar-refractivity contribution in [1.29, 1.82) is 0 Å². The molecule has 14 nitrogen and oxygen atoms in total. The monoisotopic (exact) mass is 950 g/mol. The number of aromatic nitrogens is 4. The maximum Gasteiger partial charge on any atom is 0.177 e. The molecule has 0 radical (unpaired) electrons. The second kappa shape index (κ2) is 20.1. The standard InChI is InChI=1S/C49H56N6O2.2CH4O3S/c1-50-44-12-8-38(56-3)30-40(44)48-42-32-54(26-18-36(42)6-10-46(48)50)21-5-20-52-22-14-34(15-23-52)35-16-24-53(25-17-35)28-29-55-27-19-37-7-11-47-49(43(37)33-55)41-31-39(57-4)9-13-45(41)51(47)2;2*1-5(2,3)4/h6-13,18-19,26-27,30-35H,5,14-17,20-25,28-29H2,1-4H3;2*1H3,(H,2,3,4)/q+2;;/p-2. The van der Waals surface area contributed by atoms with Gasteiger partial charge in [-0.25, -0.2) is 26.0 Å². The number of hydrogen-bond acceptors (Lipinski definition) is 10. The third-order valence-corrected chi connectivity index (χ3v) is 13.9. The van der Waals surface area contributed by atoms with Gasteiger partial charge in [0.2, 0.25) is 0 Å². The minimum Gasteiger partial charge on any atom is -0.748 e. The summed E-state index contributed by atoms with van der Waals surface area (Å²) in [6, 6.07) is 26.5. The number of rotatable bonds is 10. The molecular formula is C51H62N6O8S2. The van der Waals surface area contributed by atoms with Crippen LogP contribution in [0, 0.1) is 11.8 Å². The first-order valence-electron chi connectivity index (χ1n) is 23.0. The van der Waals surface area contributed by atoms with E-state index in [9.17, 15) is 0 Å². The van der Waals surface area contributed by atoms with E-state index in [1.165, 1.54) is 130 Å². The van der Waals surface area contributed by atoms with Crippen molar-refractivity contribution in [2.24, 2.45) is 25.9 Å². The molecule has 67 heavy (non-hydrogen) atoms. The zero-order chi connectivity index (χ0) is 47.6. The molecule has 356 valence electrons. The maximum absolute atomic E-state index is 9.08. The van der Waals surface area contributed by atoms with Gasteiger partial charge in [0.1, 0.15) is 18.0 Å². The number of likely N-dealkylation sites (tertiary alicyclic amines) is 2. The van der Waals surface area contributed by atoms with Gasteiger partial charge in [0, 0.05) is 95.3 Å². The summed E-state index contributed by atoms with van der Waals surface area (Å²) in [5.41, 5.74) is 5.01. The van der Waals surface area contributed by atoms with Crippen LogP contribution in [0.1, 0.15) is 32.1 Å². The molecule has 16 heteroatoms. The van der Waals surface area contributed by atoms with Gasteiger partial charge in [-0.1, -0.05) is 12.1 Å². The number of hydrogen-bond donors (Lipinski definition) is 0. The summed E-state index contributed by atoms with van der Waals surface area (Å²) < 4.78 is 75.1. The molecule has 4 aromatic heterocycles. The third-order valence-electron chi connectivity index (χ3n) is 13.9. The molecule has 0 amide bonds. The largest absolute Gasteiger partial charge is 0.748 e. The highest BCUT2D eigenvalue weighted by Gasteiger charge is 2.30. The molecule has 6 heterocycles. The van der Waals surface area contributed by atoms with Crippen LogP contribution in [0.5, 0.6) is 11.5 Å². The van der Waals surface area contributed by atoms with Crippen molar-refractivity contribution in [3.63, 3.8) is 0 Å². The predicted octanol–water partition coefficient (Wildman–Crippen LogP) is 6.71. The lowest BCUT2D eigenvalue weighted by atomic mass is 9.79. The summed E-state index contributed by atoms with van der Waals surface area (Å²) >= 11 is 0. The van der Waals surface area contributed by atoms with Crippen molar-refractivity contribution >= 4 is 85.4 Å². The lowest BCUT2D eigenvalue weighted by Gasteiger charge is -2.40. The molecule has 4 aromatic carbocycles. The van der Waals surface area contributed by atoms with E-state index in [1.54, 1.807) is 14.2 Å². The zero-order valence-electron chi connectivity index (χ0n) is 39.4. The summed E-state index contributed by atoms with van der Waals surface area (Å²) in [6.45, 7) is 9.31. The second-order valence-electron chi connectivity index (χ2n) is 18.3. The van der Waals surface area contributed by atoms with E-state index in [-0.39, 0.29) is 0 Å². The molecule has 0 spiro atoms. The number of benzene rings is 4. The topological polar surface area (TPSA) is 157 Å². The zero-order valence-corrected chi connectivity index (χ0v) is 41.0. The Balaban J connectivity index is 0.000000553. The lowest BCUT2D eigenvalue weighted by Crippen LogP contribution is -2.45. The van der Waals surface area contributed by atoms with Gasteiger partial charge in [0.25, 0.3) is 0 Å². The van der Waals surface area contributed by atoms with Gasteiger partial charge in [0.15, 0.2) is 31.3 Å². The summed E-state index contributed by atoms with van der Waals surface area (Å²) in [7, 11) is 0.00104. The molecule has 0 unspecified atom stereocenters. The molecule has 0 saturated carbocycles. The third kappa shape index (κ3) is 11.3.